The van der Waals surface area contributed by atoms with Gasteiger partial charge in [-0.2, -0.15) is 0 Å². The highest BCUT2D eigenvalue weighted by molar-refractivity contribution is 7.89. The van der Waals surface area contributed by atoms with Crippen molar-refractivity contribution in [3.63, 3.8) is 0 Å². The molecule has 144 valence electrons. The summed E-state index contributed by atoms with van der Waals surface area (Å²) in [5.74, 6) is 0.322. The maximum atomic E-state index is 12.1. The van der Waals surface area contributed by atoms with Gasteiger partial charge in [0.15, 0.2) is 0 Å². The van der Waals surface area contributed by atoms with E-state index in [4.69, 9.17) is 9.47 Å². The number of amides is 1. The van der Waals surface area contributed by atoms with Crippen LogP contribution in [0.3, 0.4) is 0 Å². The number of carbonyl (C=O) groups excluding carboxylic acids is 1. The summed E-state index contributed by atoms with van der Waals surface area (Å²) in [6, 6.07) is 8.16. The van der Waals surface area contributed by atoms with Gasteiger partial charge in [-0.15, -0.1) is 0 Å². The zero-order valence-corrected chi connectivity index (χ0v) is 16.0. The van der Waals surface area contributed by atoms with Crippen molar-refractivity contribution in [3.8, 4) is 11.6 Å². The summed E-state index contributed by atoms with van der Waals surface area (Å²) in [6.07, 6.45) is 4.44. The Labute approximate surface area is 158 Å². The van der Waals surface area contributed by atoms with Crippen molar-refractivity contribution in [2.45, 2.75) is 11.4 Å². The number of benzene rings is 1. The molecule has 9 heteroatoms. The summed E-state index contributed by atoms with van der Waals surface area (Å²) < 4.78 is 36.6. The molecule has 27 heavy (non-hydrogen) atoms. The zero-order chi connectivity index (χ0) is 19.9. The van der Waals surface area contributed by atoms with Gasteiger partial charge in [0.1, 0.15) is 10.6 Å². The van der Waals surface area contributed by atoms with Crippen LogP contribution in [-0.2, 0) is 21.4 Å². The van der Waals surface area contributed by atoms with Gasteiger partial charge in [0.2, 0.25) is 21.8 Å². The van der Waals surface area contributed by atoms with Crippen LogP contribution >= 0.6 is 0 Å². The third kappa shape index (κ3) is 5.28. The molecule has 0 aliphatic heterocycles. The fourth-order valence-corrected chi connectivity index (χ4v) is 3.20. The predicted octanol–water partition coefficient (Wildman–Crippen LogP) is 1.34. The quantitative estimate of drug-likeness (QED) is 0.658. The number of nitrogens with one attached hydrogen (secondary N) is 2. The Bertz CT molecular complexity index is 942. The second kappa shape index (κ2) is 9.15. The van der Waals surface area contributed by atoms with E-state index >= 15 is 0 Å². The summed E-state index contributed by atoms with van der Waals surface area (Å²) in [5, 5.41) is 2.72. The van der Waals surface area contributed by atoms with Gasteiger partial charge in [-0.3, -0.25) is 4.79 Å². The smallest absolute Gasteiger partial charge is 0.244 e. The van der Waals surface area contributed by atoms with Gasteiger partial charge >= 0.3 is 0 Å². The molecule has 0 saturated heterocycles. The van der Waals surface area contributed by atoms with Crippen molar-refractivity contribution in [2.24, 2.45) is 0 Å². The number of nitrogens with zero attached hydrogens (tertiary/aromatic N) is 1. The fourth-order valence-electron chi connectivity index (χ4n) is 2.27. The molecule has 1 aromatic heterocycles. The van der Waals surface area contributed by atoms with Crippen molar-refractivity contribution in [3.05, 3.63) is 53.7 Å². The largest absolute Gasteiger partial charge is 0.495 e. The number of pyridine rings is 1. The molecule has 1 heterocycles. The molecular formula is C18H21N3O5S. The average molecular weight is 391 g/mol. The summed E-state index contributed by atoms with van der Waals surface area (Å²) in [5.41, 5.74) is 1.28. The highest BCUT2D eigenvalue weighted by atomic mass is 32.2. The summed E-state index contributed by atoms with van der Waals surface area (Å²) >= 11 is 0. The van der Waals surface area contributed by atoms with Crippen molar-refractivity contribution in [2.75, 3.05) is 21.3 Å². The highest BCUT2D eigenvalue weighted by Crippen LogP contribution is 2.25. The van der Waals surface area contributed by atoms with Crippen molar-refractivity contribution in [1.29, 1.82) is 0 Å². The van der Waals surface area contributed by atoms with E-state index in [-0.39, 0.29) is 23.1 Å². The maximum absolute atomic E-state index is 12.1. The molecular weight excluding hydrogens is 370 g/mol. The van der Waals surface area contributed by atoms with Gasteiger partial charge in [0.05, 0.1) is 14.2 Å². The van der Waals surface area contributed by atoms with Gasteiger partial charge in [-0.05, 0) is 36.9 Å². The average Bonchev–Trinajstić information content (AvgIpc) is 2.70. The molecule has 0 bridgehead atoms. The van der Waals surface area contributed by atoms with Gasteiger partial charge in [-0.1, -0.05) is 12.1 Å². The van der Waals surface area contributed by atoms with Gasteiger partial charge in [-0.25, -0.2) is 18.1 Å². The Balaban J connectivity index is 2.11. The fraction of sp³-hybridized carbons (Fsp3) is 0.222. The number of hydrogen-bond donors (Lipinski definition) is 2. The first-order valence-electron chi connectivity index (χ1n) is 7.96. The van der Waals surface area contributed by atoms with Crippen LogP contribution in [0.2, 0.25) is 0 Å². The number of carbonyl (C=O) groups is 1. The van der Waals surface area contributed by atoms with Crippen LogP contribution in [0.25, 0.3) is 6.08 Å². The third-order valence-electron chi connectivity index (χ3n) is 3.67. The minimum atomic E-state index is -3.69. The lowest BCUT2D eigenvalue weighted by Crippen LogP contribution is -2.20. The summed E-state index contributed by atoms with van der Waals surface area (Å²) in [7, 11) is 0.527. The first-order chi connectivity index (χ1) is 12.9. The molecule has 0 radical (unpaired) electrons. The molecule has 2 aromatic rings. The van der Waals surface area contributed by atoms with E-state index in [2.05, 4.69) is 15.0 Å². The Hall–Kier alpha value is -2.91. The Morgan fingerprint density at radius 2 is 2.00 bits per heavy atom. The third-order valence-corrected chi connectivity index (χ3v) is 5.10. The van der Waals surface area contributed by atoms with E-state index in [1.807, 2.05) is 0 Å². The molecule has 2 rings (SSSR count). The maximum Gasteiger partial charge on any atom is 0.244 e. The monoisotopic (exact) mass is 391 g/mol. The minimum Gasteiger partial charge on any atom is -0.495 e. The van der Waals surface area contributed by atoms with Crippen LogP contribution in [-0.4, -0.2) is 40.6 Å². The number of aromatic nitrogens is 1. The van der Waals surface area contributed by atoms with E-state index in [1.54, 1.807) is 24.4 Å². The molecule has 0 unspecified atom stereocenters. The summed E-state index contributed by atoms with van der Waals surface area (Å²) in [4.78, 5) is 16.1. The standard InChI is InChI=1S/C18H21N3O5S/c1-19-27(23,24)16-11-13(6-8-15(16)25-2)7-9-17(22)21-12-14-5-4-10-20-18(14)26-3/h4-11,19H,12H2,1-3H3,(H,21,22)/b9-7+. The van der Waals surface area contributed by atoms with Crippen LogP contribution in [0.15, 0.2) is 47.5 Å². The number of rotatable bonds is 8. The molecule has 2 N–H and O–H groups in total. The second-order valence-electron chi connectivity index (χ2n) is 5.34. The Kier molecular flexibility index (Phi) is 6.91. The zero-order valence-electron chi connectivity index (χ0n) is 15.2. The van der Waals surface area contributed by atoms with Gasteiger partial charge in [0, 0.05) is 24.4 Å². The van der Waals surface area contributed by atoms with E-state index < -0.39 is 10.0 Å². The lowest BCUT2D eigenvalue weighted by Gasteiger charge is -2.09. The molecule has 0 saturated carbocycles. The summed E-state index contributed by atoms with van der Waals surface area (Å²) in [6.45, 7) is 0.252. The molecule has 0 aliphatic rings. The molecule has 1 aromatic carbocycles. The lowest BCUT2D eigenvalue weighted by atomic mass is 10.2. The van der Waals surface area contributed by atoms with Crippen molar-refractivity contribution < 1.29 is 22.7 Å². The van der Waals surface area contributed by atoms with Crippen LogP contribution in [0.5, 0.6) is 11.6 Å². The number of ether oxygens (including phenoxy) is 2. The lowest BCUT2D eigenvalue weighted by molar-refractivity contribution is -0.116. The first kappa shape index (κ1) is 20.4. The molecule has 8 nitrogen and oxygen atoms in total. The number of methoxy groups -OCH3 is 2. The predicted molar refractivity (Wildman–Crippen MR) is 101 cm³/mol. The number of sulfonamides is 1. The minimum absolute atomic E-state index is 0.00449. The SMILES string of the molecule is CNS(=O)(=O)c1cc(/C=C/C(=O)NCc2cccnc2OC)ccc1OC. The molecule has 0 aliphatic carbocycles. The van der Waals surface area contributed by atoms with Crippen LogP contribution in [0.4, 0.5) is 0 Å². The first-order valence-corrected chi connectivity index (χ1v) is 9.45. The van der Waals surface area contributed by atoms with Crippen LogP contribution in [0.1, 0.15) is 11.1 Å². The Morgan fingerprint density at radius 1 is 1.22 bits per heavy atom. The van der Waals surface area contributed by atoms with Crippen LogP contribution in [0, 0.1) is 0 Å². The van der Waals surface area contributed by atoms with E-state index in [0.29, 0.717) is 11.4 Å². The molecule has 0 atom stereocenters. The van der Waals surface area contributed by atoms with E-state index in [0.717, 1.165) is 5.56 Å². The van der Waals surface area contributed by atoms with Crippen molar-refractivity contribution >= 4 is 22.0 Å². The van der Waals surface area contributed by atoms with Gasteiger partial charge in [0.25, 0.3) is 0 Å². The topological polar surface area (TPSA) is 107 Å². The number of hydrogen-bond acceptors (Lipinski definition) is 6. The van der Waals surface area contributed by atoms with E-state index in [1.165, 1.54) is 45.6 Å². The van der Waals surface area contributed by atoms with Crippen molar-refractivity contribution in [1.82, 2.24) is 15.0 Å². The van der Waals surface area contributed by atoms with Gasteiger partial charge < -0.3 is 14.8 Å². The second-order valence-corrected chi connectivity index (χ2v) is 7.20. The molecule has 0 spiro atoms. The Morgan fingerprint density at radius 3 is 2.67 bits per heavy atom. The van der Waals surface area contributed by atoms with E-state index in [9.17, 15) is 13.2 Å². The van der Waals surface area contributed by atoms with Crippen LogP contribution < -0.4 is 19.5 Å². The molecule has 1 amide bonds. The highest BCUT2D eigenvalue weighted by Gasteiger charge is 2.17. The molecule has 0 fully saturated rings. The normalized spacial score (nSPS) is 11.4.